The maximum absolute atomic E-state index is 11.2. The first-order chi connectivity index (χ1) is 10.2. The molecule has 0 radical (unpaired) electrons. The zero-order valence-corrected chi connectivity index (χ0v) is 13.7. The van der Waals surface area contributed by atoms with E-state index in [2.05, 4.69) is 4.98 Å². The second-order valence-corrected chi connectivity index (χ2v) is 6.93. The molecule has 1 aliphatic rings. The molecule has 5 nitrogen and oxygen atoms in total. The molecule has 0 bridgehead atoms. The summed E-state index contributed by atoms with van der Waals surface area (Å²) in [6, 6.07) is 3.88. The third-order valence-corrected chi connectivity index (χ3v) is 4.48. The maximum atomic E-state index is 11.2. The average molecular weight is 300 g/mol. The first-order valence-electron chi connectivity index (χ1n) is 7.50. The van der Waals surface area contributed by atoms with Crippen molar-refractivity contribution in [3.63, 3.8) is 0 Å². The van der Waals surface area contributed by atoms with Gasteiger partial charge in [-0.1, -0.05) is 6.07 Å². The molecule has 3 rings (SSSR count). The highest BCUT2D eigenvalue weighted by molar-refractivity contribution is 6.62. The van der Waals surface area contributed by atoms with E-state index in [0.717, 1.165) is 16.8 Å². The van der Waals surface area contributed by atoms with Crippen LogP contribution in [0.25, 0.3) is 5.65 Å². The van der Waals surface area contributed by atoms with Crippen molar-refractivity contribution in [2.45, 2.75) is 52.2 Å². The second kappa shape index (κ2) is 4.93. The summed E-state index contributed by atoms with van der Waals surface area (Å²) in [5.74, 6) is 0.106. The summed E-state index contributed by atoms with van der Waals surface area (Å²) in [4.78, 5) is 15.7. The number of pyridine rings is 1. The largest absolute Gasteiger partial charge is 0.496 e. The lowest BCUT2D eigenvalue weighted by molar-refractivity contribution is -0.116. The summed E-state index contributed by atoms with van der Waals surface area (Å²) in [6.07, 6.45) is 4.19. The van der Waals surface area contributed by atoms with Gasteiger partial charge in [-0.2, -0.15) is 0 Å². The highest BCUT2D eigenvalue weighted by atomic mass is 16.7. The van der Waals surface area contributed by atoms with Gasteiger partial charge in [-0.05, 0) is 46.1 Å². The summed E-state index contributed by atoms with van der Waals surface area (Å²) < 4.78 is 14.0. The van der Waals surface area contributed by atoms with Crippen LogP contribution in [0.15, 0.2) is 24.5 Å². The number of imidazole rings is 1. The van der Waals surface area contributed by atoms with E-state index in [4.69, 9.17) is 9.31 Å². The monoisotopic (exact) mass is 300 g/mol. The Labute approximate surface area is 130 Å². The van der Waals surface area contributed by atoms with Crippen LogP contribution in [0, 0.1) is 0 Å². The fraction of sp³-hybridized carbons (Fsp3) is 0.500. The number of fused-ring (bicyclic) bond motifs is 1. The Kier molecular flexibility index (Phi) is 3.42. The van der Waals surface area contributed by atoms with Crippen molar-refractivity contribution in [3.8, 4) is 0 Å². The molecule has 1 fully saturated rings. The number of aromatic nitrogens is 2. The molecule has 6 heteroatoms. The second-order valence-electron chi connectivity index (χ2n) is 6.93. The van der Waals surface area contributed by atoms with Crippen molar-refractivity contribution in [2.24, 2.45) is 0 Å². The summed E-state index contributed by atoms with van der Waals surface area (Å²) >= 11 is 0. The Hall–Kier alpha value is -1.66. The number of rotatable bonds is 3. The van der Waals surface area contributed by atoms with E-state index in [-0.39, 0.29) is 17.0 Å². The van der Waals surface area contributed by atoms with E-state index in [1.807, 2.05) is 56.6 Å². The van der Waals surface area contributed by atoms with Crippen molar-refractivity contribution in [2.75, 3.05) is 0 Å². The molecule has 2 aromatic heterocycles. The predicted octanol–water partition coefficient (Wildman–Crippen LogP) is 1.76. The van der Waals surface area contributed by atoms with Gasteiger partial charge in [-0.15, -0.1) is 0 Å². The van der Waals surface area contributed by atoms with Crippen molar-refractivity contribution < 1.29 is 14.1 Å². The van der Waals surface area contributed by atoms with Gasteiger partial charge in [0.25, 0.3) is 0 Å². The Balaban J connectivity index is 1.91. The highest BCUT2D eigenvalue weighted by Gasteiger charge is 2.51. The van der Waals surface area contributed by atoms with Crippen molar-refractivity contribution in [1.82, 2.24) is 9.38 Å². The molecule has 0 unspecified atom stereocenters. The molecule has 0 aromatic carbocycles. The first kappa shape index (κ1) is 15.2. The van der Waals surface area contributed by atoms with Crippen molar-refractivity contribution in [1.29, 1.82) is 0 Å². The number of nitrogens with zero attached hydrogens (tertiary/aromatic N) is 2. The van der Waals surface area contributed by atoms with Crippen LogP contribution in [-0.4, -0.2) is 33.5 Å². The van der Waals surface area contributed by atoms with Gasteiger partial charge >= 0.3 is 7.12 Å². The molecule has 0 atom stereocenters. The Morgan fingerprint density at radius 3 is 2.41 bits per heavy atom. The minimum atomic E-state index is -0.395. The van der Waals surface area contributed by atoms with Crippen LogP contribution in [0.2, 0.25) is 0 Å². The number of Topliss-reactive ketones (excluding diaryl/α,β-unsaturated/α-hetero) is 1. The van der Waals surface area contributed by atoms with Crippen LogP contribution in [-0.2, 0) is 20.5 Å². The van der Waals surface area contributed by atoms with Crippen LogP contribution >= 0.6 is 0 Å². The molecule has 1 aliphatic heterocycles. The van der Waals surface area contributed by atoms with Crippen molar-refractivity contribution >= 4 is 24.0 Å². The standard InChI is InChI=1S/C16H21BN2O3/c1-11(20)8-13-10-19-9-12(6-7-14(19)18-13)17-21-15(2,3)16(4,5)22-17/h6-7,9-10H,8H2,1-5H3. The van der Waals surface area contributed by atoms with E-state index < -0.39 is 7.12 Å². The molecule has 1 saturated heterocycles. The van der Waals surface area contributed by atoms with Crippen LogP contribution in [0.5, 0.6) is 0 Å². The minimum Gasteiger partial charge on any atom is -0.399 e. The Bertz CT molecular complexity index is 720. The zero-order valence-electron chi connectivity index (χ0n) is 13.7. The van der Waals surface area contributed by atoms with Gasteiger partial charge in [0, 0.05) is 18.8 Å². The minimum absolute atomic E-state index is 0.106. The molecule has 22 heavy (non-hydrogen) atoms. The molecular weight excluding hydrogens is 279 g/mol. The average Bonchev–Trinajstić information content (AvgIpc) is 2.85. The van der Waals surface area contributed by atoms with E-state index >= 15 is 0 Å². The Morgan fingerprint density at radius 1 is 1.18 bits per heavy atom. The van der Waals surface area contributed by atoms with Gasteiger partial charge in [0.15, 0.2) is 0 Å². The lowest BCUT2D eigenvalue weighted by atomic mass is 9.80. The lowest BCUT2D eigenvalue weighted by Gasteiger charge is -2.32. The molecule has 116 valence electrons. The summed E-state index contributed by atoms with van der Waals surface area (Å²) in [5, 5.41) is 0. The molecule has 0 aliphatic carbocycles. The van der Waals surface area contributed by atoms with Gasteiger partial charge in [0.2, 0.25) is 0 Å². The smallest absolute Gasteiger partial charge is 0.399 e. The van der Waals surface area contributed by atoms with Gasteiger partial charge in [0.05, 0.1) is 16.9 Å². The van der Waals surface area contributed by atoms with E-state index in [9.17, 15) is 4.79 Å². The summed E-state index contributed by atoms with van der Waals surface area (Å²) in [5.41, 5.74) is 1.82. The first-order valence-corrected chi connectivity index (χ1v) is 7.50. The SMILES string of the molecule is CC(=O)Cc1cn2cc(B3OC(C)(C)C(C)(C)O3)ccc2n1. The molecular formula is C16H21BN2O3. The van der Waals surface area contributed by atoms with Gasteiger partial charge in [0.1, 0.15) is 11.4 Å². The predicted molar refractivity (Wildman–Crippen MR) is 85.3 cm³/mol. The van der Waals surface area contributed by atoms with E-state index in [0.29, 0.717) is 6.42 Å². The Morgan fingerprint density at radius 2 is 1.82 bits per heavy atom. The molecule has 3 heterocycles. The van der Waals surface area contributed by atoms with Crippen LogP contribution < -0.4 is 5.46 Å². The van der Waals surface area contributed by atoms with E-state index in [1.54, 1.807) is 6.92 Å². The third-order valence-electron chi connectivity index (χ3n) is 4.48. The van der Waals surface area contributed by atoms with E-state index in [1.165, 1.54) is 0 Å². The molecule has 0 N–H and O–H groups in total. The normalized spacial score (nSPS) is 19.8. The molecule has 0 amide bonds. The lowest BCUT2D eigenvalue weighted by Crippen LogP contribution is -2.41. The third kappa shape index (κ3) is 2.57. The number of ketones is 1. The fourth-order valence-electron chi connectivity index (χ4n) is 2.52. The van der Waals surface area contributed by atoms with Crippen molar-refractivity contribution in [3.05, 3.63) is 30.2 Å². The van der Waals surface area contributed by atoms with Gasteiger partial charge in [-0.3, -0.25) is 4.79 Å². The summed E-state index contributed by atoms with van der Waals surface area (Å²) in [6.45, 7) is 9.71. The quantitative estimate of drug-likeness (QED) is 0.811. The maximum Gasteiger partial charge on any atom is 0.496 e. The zero-order chi connectivity index (χ0) is 16.1. The fourth-order valence-corrected chi connectivity index (χ4v) is 2.52. The van der Waals surface area contributed by atoms with Crippen LogP contribution in [0.4, 0.5) is 0 Å². The van der Waals surface area contributed by atoms with Crippen LogP contribution in [0.1, 0.15) is 40.3 Å². The van der Waals surface area contributed by atoms with Gasteiger partial charge < -0.3 is 13.7 Å². The molecule has 0 spiro atoms. The number of carbonyl (C=O) groups is 1. The molecule has 0 saturated carbocycles. The molecule has 2 aromatic rings. The van der Waals surface area contributed by atoms with Gasteiger partial charge in [-0.25, -0.2) is 4.98 Å². The topological polar surface area (TPSA) is 52.8 Å². The highest BCUT2D eigenvalue weighted by Crippen LogP contribution is 2.36. The number of carbonyl (C=O) groups excluding carboxylic acids is 1. The number of hydrogen-bond acceptors (Lipinski definition) is 4. The van der Waals surface area contributed by atoms with Crippen LogP contribution in [0.3, 0.4) is 0 Å². The number of hydrogen-bond donors (Lipinski definition) is 0. The summed E-state index contributed by atoms with van der Waals surface area (Å²) in [7, 11) is -0.395.